The fraction of sp³-hybridized carbons (Fsp3) is 1.00. The Labute approximate surface area is 91.6 Å². The van der Waals surface area contributed by atoms with Gasteiger partial charge in [-0.25, -0.2) is 0 Å². The van der Waals surface area contributed by atoms with Crippen LogP contribution >= 0.6 is 43.2 Å². The van der Waals surface area contributed by atoms with Crippen molar-refractivity contribution in [2.75, 3.05) is 11.5 Å². The second-order valence-corrected chi connectivity index (χ2v) is 10.2. The van der Waals surface area contributed by atoms with Crippen molar-refractivity contribution in [3.05, 3.63) is 0 Å². The van der Waals surface area contributed by atoms with Crippen LogP contribution in [-0.2, 0) is 0 Å². The predicted molar refractivity (Wildman–Crippen MR) is 68.3 cm³/mol. The molecule has 0 spiro atoms. The Morgan fingerprint density at radius 3 is 1.42 bits per heavy atom. The summed E-state index contributed by atoms with van der Waals surface area (Å²) in [6.45, 7) is 9.33. The van der Waals surface area contributed by atoms with Crippen molar-refractivity contribution < 1.29 is 0 Å². The van der Waals surface area contributed by atoms with E-state index in [-0.39, 0.29) is 0 Å². The van der Waals surface area contributed by atoms with Crippen LogP contribution in [0.25, 0.3) is 0 Å². The molecule has 4 heteroatoms. The van der Waals surface area contributed by atoms with E-state index in [1.54, 1.807) is 0 Å². The monoisotopic (exact) mass is 240 g/mol. The molecule has 0 aromatic heterocycles. The van der Waals surface area contributed by atoms with E-state index in [2.05, 4.69) is 27.7 Å². The highest BCUT2D eigenvalue weighted by molar-refractivity contribution is 8.80. The summed E-state index contributed by atoms with van der Waals surface area (Å²) >= 11 is 0. The van der Waals surface area contributed by atoms with Gasteiger partial charge < -0.3 is 0 Å². The molecule has 1 saturated heterocycles. The second-order valence-electron chi connectivity index (χ2n) is 4.21. The van der Waals surface area contributed by atoms with Gasteiger partial charge in [0.2, 0.25) is 0 Å². The van der Waals surface area contributed by atoms with Crippen LogP contribution in [0.4, 0.5) is 0 Å². The molecule has 1 aliphatic heterocycles. The van der Waals surface area contributed by atoms with Gasteiger partial charge in [-0.05, 0) is 27.7 Å². The van der Waals surface area contributed by atoms with Crippen molar-refractivity contribution >= 4 is 43.2 Å². The van der Waals surface area contributed by atoms with Gasteiger partial charge >= 0.3 is 0 Å². The summed E-state index contributed by atoms with van der Waals surface area (Å²) in [5.74, 6) is 2.51. The normalized spacial score (nSPS) is 29.0. The van der Waals surface area contributed by atoms with Gasteiger partial charge in [-0.15, -0.1) is 0 Å². The van der Waals surface area contributed by atoms with E-state index >= 15 is 0 Å². The molecule has 72 valence electrons. The van der Waals surface area contributed by atoms with E-state index in [1.807, 2.05) is 43.2 Å². The van der Waals surface area contributed by atoms with Crippen LogP contribution in [0.1, 0.15) is 27.7 Å². The van der Waals surface area contributed by atoms with E-state index in [0.29, 0.717) is 9.49 Å². The molecule has 0 atom stereocenters. The third-order valence-electron chi connectivity index (χ3n) is 1.39. The van der Waals surface area contributed by atoms with Crippen LogP contribution in [-0.4, -0.2) is 21.0 Å². The summed E-state index contributed by atoms with van der Waals surface area (Å²) in [5, 5.41) is 0. The highest BCUT2D eigenvalue weighted by Gasteiger charge is 2.29. The van der Waals surface area contributed by atoms with Gasteiger partial charge in [0.15, 0.2) is 0 Å². The smallest absolute Gasteiger partial charge is 0.0306 e. The molecule has 0 amide bonds. The van der Waals surface area contributed by atoms with Crippen molar-refractivity contribution in [1.29, 1.82) is 0 Å². The van der Waals surface area contributed by atoms with Crippen molar-refractivity contribution in [2.24, 2.45) is 0 Å². The molecule has 0 aromatic rings. The zero-order chi connectivity index (χ0) is 9.24. The lowest BCUT2D eigenvalue weighted by atomic mass is 10.2. The molecule has 1 aliphatic rings. The molecule has 0 nitrogen and oxygen atoms in total. The Bertz CT molecular complexity index is 135. The predicted octanol–water partition coefficient (Wildman–Crippen LogP) is 4.32. The van der Waals surface area contributed by atoms with Gasteiger partial charge in [0.25, 0.3) is 0 Å². The molecular weight excluding hydrogens is 224 g/mol. The van der Waals surface area contributed by atoms with Crippen LogP contribution in [0.15, 0.2) is 0 Å². The summed E-state index contributed by atoms with van der Waals surface area (Å²) in [5.41, 5.74) is 0. The first-order valence-corrected chi connectivity index (χ1v) is 8.66. The average Bonchev–Trinajstić information content (AvgIpc) is 1.94. The van der Waals surface area contributed by atoms with Gasteiger partial charge in [-0.1, -0.05) is 43.2 Å². The van der Waals surface area contributed by atoms with Crippen molar-refractivity contribution in [1.82, 2.24) is 0 Å². The summed E-state index contributed by atoms with van der Waals surface area (Å²) in [6.07, 6.45) is 0. The topological polar surface area (TPSA) is 0 Å². The Balaban J connectivity index is 2.51. The van der Waals surface area contributed by atoms with Gasteiger partial charge in [-0.2, -0.15) is 0 Å². The number of hydrogen-bond donors (Lipinski definition) is 0. The summed E-state index contributed by atoms with van der Waals surface area (Å²) in [7, 11) is 8.13. The number of rotatable bonds is 0. The average molecular weight is 240 g/mol. The van der Waals surface area contributed by atoms with Crippen molar-refractivity contribution in [2.45, 2.75) is 37.2 Å². The van der Waals surface area contributed by atoms with E-state index in [0.717, 1.165) is 0 Å². The molecule has 0 N–H and O–H groups in total. The molecule has 0 saturated carbocycles. The van der Waals surface area contributed by atoms with Crippen molar-refractivity contribution in [3.8, 4) is 0 Å². The van der Waals surface area contributed by atoms with Gasteiger partial charge in [0.05, 0.1) is 0 Å². The molecule has 1 heterocycles. The third-order valence-corrected chi connectivity index (χ3v) is 9.04. The molecule has 1 fully saturated rings. The molecule has 0 unspecified atom stereocenters. The van der Waals surface area contributed by atoms with Gasteiger partial charge in [0, 0.05) is 21.0 Å². The van der Waals surface area contributed by atoms with Crippen LogP contribution < -0.4 is 0 Å². The van der Waals surface area contributed by atoms with Crippen LogP contribution in [0.5, 0.6) is 0 Å². The summed E-state index contributed by atoms with van der Waals surface area (Å²) < 4.78 is 0.861. The molecule has 1 rings (SSSR count). The van der Waals surface area contributed by atoms with Gasteiger partial charge in [-0.3, -0.25) is 0 Å². The highest BCUT2D eigenvalue weighted by Crippen LogP contribution is 2.50. The minimum absolute atomic E-state index is 0.431. The maximum absolute atomic E-state index is 2.33. The Kier molecular flexibility index (Phi) is 4.09. The molecule has 0 aliphatic carbocycles. The van der Waals surface area contributed by atoms with Crippen LogP contribution in [0.3, 0.4) is 0 Å². The Hall–Kier alpha value is 1.40. The molecule has 0 bridgehead atoms. The highest BCUT2D eigenvalue weighted by atomic mass is 33.1. The number of hydrogen-bond acceptors (Lipinski definition) is 4. The zero-order valence-corrected chi connectivity index (χ0v) is 11.3. The first-order chi connectivity index (χ1) is 5.41. The third kappa shape index (κ3) is 4.07. The fourth-order valence-electron chi connectivity index (χ4n) is 0.641. The minimum Gasteiger partial charge on any atom is -0.0926 e. The lowest BCUT2D eigenvalue weighted by Gasteiger charge is -2.32. The first-order valence-electron chi connectivity index (χ1n) is 4.03. The maximum atomic E-state index is 2.33. The fourth-order valence-corrected chi connectivity index (χ4v) is 7.50. The van der Waals surface area contributed by atoms with E-state index in [9.17, 15) is 0 Å². The second kappa shape index (κ2) is 4.28. The zero-order valence-electron chi connectivity index (χ0n) is 8.05. The maximum Gasteiger partial charge on any atom is 0.0306 e. The quantitative estimate of drug-likeness (QED) is 0.578. The standard InChI is InChI=1S/C8H16S4/c1-7(2)5-9-10-6-8(3,4)12-11-7/h5-6H2,1-4H3. The Morgan fingerprint density at radius 2 is 1.08 bits per heavy atom. The largest absolute Gasteiger partial charge is 0.0926 e. The first kappa shape index (κ1) is 11.5. The van der Waals surface area contributed by atoms with E-state index in [4.69, 9.17) is 0 Å². The Morgan fingerprint density at radius 1 is 0.750 bits per heavy atom. The van der Waals surface area contributed by atoms with Crippen LogP contribution in [0, 0.1) is 0 Å². The van der Waals surface area contributed by atoms with Gasteiger partial charge in [0.1, 0.15) is 0 Å². The minimum atomic E-state index is 0.431. The lowest BCUT2D eigenvalue weighted by molar-refractivity contribution is 0.812. The molecular formula is C8H16S4. The lowest BCUT2D eigenvalue weighted by Crippen LogP contribution is -2.24. The van der Waals surface area contributed by atoms with Crippen LogP contribution in [0.2, 0.25) is 0 Å². The SMILES string of the molecule is CC1(C)CSSCC(C)(C)SS1. The van der Waals surface area contributed by atoms with Crippen molar-refractivity contribution in [3.63, 3.8) is 0 Å². The molecule has 0 radical (unpaired) electrons. The molecule has 12 heavy (non-hydrogen) atoms. The molecule has 0 aromatic carbocycles. The van der Waals surface area contributed by atoms with E-state index < -0.39 is 0 Å². The summed E-state index contributed by atoms with van der Waals surface area (Å²) in [6, 6.07) is 0. The summed E-state index contributed by atoms with van der Waals surface area (Å²) in [4.78, 5) is 0. The van der Waals surface area contributed by atoms with E-state index in [1.165, 1.54) is 11.5 Å².